The molecule has 1 amide bonds. The largest absolute Gasteiger partial charge is 0.493 e. The van der Waals surface area contributed by atoms with Crippen molar-refractivity contribution in [1.29, 1.82) is 0 Å². The molecule has 3 rings (SSSR count). The van der Waals surface area contributed by atoms with E-state index in [4.69, 9.17) is 9.47 Å². The molecule has 2 aromatic rings. The minimum absolute atomic E-state index is 0.238. The Morgan fingerprint density at radius 1 is 0.966 bits per heavy atom. The summed E-state index contributed by atoms with van der Waals surface area (Å²) in [6.07, 6.45) is 0.890. The van der Waals surface area contributed by atoms with Crippen LogP contribution in [-0.2, 0) is 11.2 Å². The van der Waals surface area contributed by atoms with E-state index in [2.05, 4.69) is 42.3 Å². The van der Waals surface area contributed by atoms with Gasteiger partial charge < -0.3 is 24.2 Å². The smallest absolute Gasteiger partial charge is 0.277 e. The minimum Gasteiger partial charge on any atom is -0.493 e. The Balaban J connectivity index is 1.44. The van der Waals surface area contributed by atoms with Crippen molar-refractivity contribution in [3.63, 3.8) is 0 Å². The van der Waals surface area contributed by atoms with Gasteiger partial charge in [-0.05, 0) is 29.8 Å². The maximum atomic E-state index is 12.7. The number of ether oxygens (including phenoxy) is 2. The van der Waals surface area contributed by atoms with Crippen LogP contribution < -0.4 is 19.3 Å². The van der Waals surface area contributed by atoms with Crippen LogP contribution in [0, 0.1) is 0 Å². The molecule has 0 aromatic heterocycles. The fraction of sp³-hybridized carbons (Fsp3) is 0.435. The third kappa shape index (κ3) is 5.64. The maximum Gasteiger partial charge on any atom is 0.277 e. The van der Waals surface area contributed by atoms with Crippen molar-refractivity contribution in [3.8, 4) is 11.5 Å². The number of amides is 1. The predicted octanol–water partition coefficient (Wildman–Crippen LogP) is 1.11. The molecule has 6 heteroatoms. The molecule has 0 bridgehead atoms. The van der Waals surface area contributed by atoms with Crippen molar-refractivity contribution in [1.82, 2.24) is 4.90 Å². The number of anilines is 1. The lowest BCUT2D eigenvalue weighted by Crippen LogP contribution is -3.10. The summed E-state index contributed by atoms with van der Waals surface area (Å²) in [6, 6.07) is 16.4. The molecule has 0 aliphatic carbocycles. The average molecular weight is 399 g/mol. The number of hydrogen-bond acceptors (Lipinski definition) is 4. The number of benzene rings is 2. The van der Waals surface area contributed by atoms with Gasteiger partial charge in [0.15, 0.2) is 18.0 Å². The molecule has 1 fully saturated rings. The van der Waals surface area contributed by atoms with Gasteiger partial charge in [0, 0.05) is 38.3 Å². The van der Waals surface area contributed by atoms with Crippen LogP contribution in [0.4, 0.5) is 5.69 Å². The third-order valence-corrected chi connectivity index (χ3v) is 5.50. The highest BCUT2D eigenvalue weighted by molar-refractivity contribution is 5.77. The Morgan fingerprint density at radius 2 is 1.66 bits per heavy atom. The van der Waals surface area contributed by atoms with Gasteiger partial charge in [-0.3, -0.25) is 4.79 Å². The van der Waals surface area contributed by atoms with Gasteiger partial charge in [-0.2, -0.15) is 0 Å². The van der Waals surface area contributed by atoms with Crippen molar-refractivity contribution >= 4 is 11.6 Å². The number of carbonyl (C=O) groups is 1. The molecule has 29 heavy (non-hydrogen) atoms. The van der Waals surface area contributed by atoms with E-state index in [1.54, 1.807) is 14.2 Å². The number of quaternary nitrogens is 1. The van der Waals surface area contributed by atoms with Crippen LogP contribution in [0.25, 0.3) is 0 Å². The number of methoxy groups -OCH3 is 2. The van der Waals surface area contributed by atoms with Crippen LogP contribution in [-0.4, -0.2) is 71.3 Å². The second-order valence-electron chi connectivity index (χ2n) is 7.53. The van der Waals surface area contributed by atoms with Gasteiger partial charge in [-0.15, -0.1) is 0 Å². The molecule has 0 spiro atoms. The van der Waals surface area contributed by atoms with Crippen LogP contribution in [0.1, 0.15) is 5.56 Å². The van der Waals surface area contributed by atoms with Crippen molar-refractivity contribution in [2.45, 2.75) is 6.42 Å². The number of para-hydroxylation sites is 1. The van der Waals surface area contributed by atoms with E-state index in [-0.39, 0.29) is 5.91 Å². The molecule has 1 aliphatic rings. The molecule has 1 unspecified atom stereocenters. The fourth-order valence-corrected chi connectivity index (χ4v) is 3.71. The van der Waals surface area contributed by atoms with Gasteiger partial charge in [-0.1, -0.05) is 24.3 Å². The first kappa shape index (κ1) is 21.0. The molecular formula is C23H32N3O3+. The first-order chi connectivity index (χ1) is 14.1. The van der Waals surface area contributed by atoms with Gasteiger partial charge in [0.2, 0.25) is 0 Å². The Labute approximate surface area is 173 Å². The van der Waals surface area contributed by atoms with E-state index >= 15 is 0 Å². The highest BCUT2D eigenvalue weighted by atomic mass is 16.5. The molecule has 1 N–H and O–H groups in total. The van der Waals surface area contributed by atoms with Crippen molar-refractivity contribution in [3.05, 3.63) is 54.1 Å². The van der Waals surface area contributed by atoms with Crippen LogP contribution >= 0.6 is 0 Å². The van der Waals surface area contributed by atoms with Crippen molar-refractivity contribution in [2.24, 2.45) is 0 Å². The van der Waals surface area contributed by atoms with Gasteiger partial charge in [0.05, 0.1) is 27.8 Å². The van der Waals surface area contributed by atoms with Gasteiger partial charge in [-0.25, -0.2) is 0 Å². The highest BCUT2D eigenvalue weighted by Crippen LogP contribution is 2.27. The lowest BCUT2D eigenvalue weighted by molar-refractivity contribution is -0.871. The Morgan fingerprint density at radius 3 is 2.31 bits per heavy atom. The summed E-state index contributed by atoms with van der Waals surface area (Å²) < 4.78 is 10.7. The summed E-state index contributed by atoms with van der Waals surface area (Å²) in [6.45, 7) is 4.78. The Bertz CT molecular complexity index is 789. The number of piperazine rings is 1. The standard InChI is InChI=1S/C23H31N3O3/c1-24(12-11-19-9-10-21(28-2)22(17-19)29-3)18-23(27)26-15-13-25(14-16-26)20-7-5-4-6-8-20/h4-10,17H,11-16,18H2,1-3H3/p+1. The molecular weight excluding hydrogens is 366 g/mol. The second-order valence-corrected chi connectivity index (χ2v) is 7.53. The zero-order valence-corrected chi connectivity index (χ0v) is 17.7. The molecule has 1 atom stereocenters. The van der Waals surface area contributed by atoms with Crippen LogP contribution in [0.3, 0.4) is 0 Å². The first-order valence-corrected chi connectivity index (χ1v) is 10.2. The SMILES string of the molecule is COc1ccc(CC[NH+](C)CC(=O)N2CCN(c3ccccc3)CC2)cc1OC. The van der Waals surface area contributed by atoms with Crippen LogP contribution in [0.2, 0.25) is 0 Å². The van der Waals surface area contributed by atoms with E-state index in [1.165, 1.54) is 16.2 Å². The molecule has 2 aromatic carbocycles. The van der Waals surface area contributed by atoms with Crippen molar-refractivity contribution in [2.75, 3.05) is 65.4 Å². The van der Waals surface area contributed by atoms with Gasteiger partial charge in [0.25, 0.3) is 5.91 Å². The Hall–Kier alpha value is -2.73. The number of likely N-dealkylation sites (N-methyl/N-ethyl adjacent to an activating group) is 1. The average Bonchev–Trinajstić information content (AvgIpc) is 2.78. The number of rotatable bonds is 8. The zero-order valence-electron chi connectivity index (χ0n) is 17.7. The topological polar surface area (TPSA) is 46.5 Å². The van der Waals surface area contributed by atoms with E-state index in [0.29, 0.717) is 6.54 Å². The number of hydrogen-bond donors (Lipinski definition) is 1. The van der Waals surface area contributed by atoms with E-state index < -0.39 is 0 Å². The van der Waals surface area contributed by atoms with Gasteiger partial charge in [0.1, 0.15) is 0 Å². The molecule has 1 saturated heterocycles. The van der Waals surface area contributed by atoms with Gasteiger partial charge >= 0.3 is 0 Å². The van der Waals surface area contributed by atoms with E-state index in [1.807, 2.05) is 23.1 Å². The lowest BCUT2D eigenvalue weighted by Gasteiger charge is -2.36. The quantitative estimate of drug-likeness (QED) is 0.724. The number of nitrogens with zero attached hydrogens (tertiary/aromatic N) is 2. The summed E-state index contributed by atoms with van der Waals surface area (Å²) in [5.74, 6) is 1.72. The molecule has 156 valence electrons. The normalized spacial score (nSPS) is 15.1. The third-order valence-electron chi connectivity index (χ3n) is 5.50. The summed E-state index contributed by atoms with van der Waals surface area (Å²) in [5, 5.41) is 0. The fourth-order valence-electron chi connectivity index (χ4n) is 3.71. The molecule has 1 aliphatic heterocycles. The lowest BCUT2D eigenvalue weighted by atomic mass is 10.1. The summed E-state index contributed by atoms with van der Waals surface area (Å²) >= 11 is 0. The first-order valence-electron chi connectivity index (χ1n) is 10.2. The minimum atomic E-state index is 0.238. The maximum absolute atomic E-state index is 12.7. The van der Waals surface area contributed by atoms with Crippen LogP contribution in [0.15, 0.2) is 48.5 Å². The predicted molar refractivity (Wildman–Crippen MR) is 115 cm³/mol. The summed E-state index contributed by atoms with van der Waals surface area (Å²) in [5.41, 5.74) is 2.42. The molecule has 1 heterocycles. The molecule has 6 nitrogen and oxygen atoms in total. The monoisotopic (exact) mass is 398 g/mol. The number of carbonyl (C=O) groups excluding carboxylic acids is 1. The Kier molecular flexibility index (Phi) is 7.36. The van der Waals surface area contributed by atoms with E-state index in [9.17, 15) is 4.79 Å². The van der Waals surface area contributed by atoms with Crippen molar-refractivity contribution < 1.29 is 19.2 Å². The summed E-state index contributed by atoms with van der Waals surface area (Å²) in [7, 11) is 5.37. The highest BCUT2D eigenvalue weighted by Gasteiger charge is 2.23. The zero-order chi connectivity index (χ0) is 20.6. The van der Waals surface area contributed by atoms with Crippen LogP contribution in [0.5, 0.6) is 11.5 Å². The summed E-state index contributed by atoms with van der Waals surface area (Å²) in [4.78, 5) is 18.3. The molecule has 0 saturated carbocycles. The number of nitrogens with one attached hydrogen (secondary N) is 1. The molecule has 0 radical (unpaired) electrons. The second kappa shape index (κ2) is 10.2. The van der Waals surface area contributed by atoms with E-state index in [0.717, 1.165) is 50.6 Å².